The average Bonchev–Trinajstić information content (AvgIpc) is 2.69. The third kappa shape index (κ3) is 6.35. The van der Waals surface area contributed by atoms with Crippen LogP contribution in [0.3, 0.4) is 0 Å². The van der Waals surface area contributed by atoms with Gasteiger partial charge in [-0.05, 0) is 62.0 Å². The van der Waals surface area contributed by atoms with Crippen LogP contribution in [0.4, 0.5) is 5.69 Å². The van der Waals surface area contributed by atoms with Gasteiger partial charge >= 0.3 is 0 Å². The van der Waals surface area contributed by atoms with Crippen LogP contribution in [0.15, 0.2) is 48.5 Å². The predicted molar refractivity (Wildman–Crippen MR) is 115 cm³/mol. The molecule has 0 unspecified atom stereocenters. The third-order valence-electron chi connectivity index (χ3n) is 3.86. The Morgan fingerprint density at radius 1 is 1.00 bits per heavy atom. The molecule has 0 heterocycles. The fourth-order valence-electron chi connectivity index (χ4n) is 2.41. The summed E-state index contributed by atoms with van der Waals surface area (Å²) in [5.41, 5.74) is 1.65. The highest BCUT2D eigenvalue weighted by atomic mass is 32.1. The number of anilines is 1. The lowest BCUT2D eigenvalue weighted by atomic mass is 10.2. The van der Waals surface area contributed by atoms with Crippen molar-refractivity contribution < 1.29 is 14.3 Å². The summed E-state index contributed by atoms with van der Waals surface area (Å²) in [4.78, 5) is 24.3. The van der Waals surface area contributed by atoms with E-state index in [0.29, 0.717) is 35.7 Å². The number of carbonyl (C=O) groups excluding carboxylic acids is 2. The number of carbonyl (C=O) groups is 2. The second kappa shape index (κ2) is 11.0. The van der Waals surface area contributed by atoms with Gasteiger partial charge in [0.15, 0.2) is 5.11 Å². The van der Waals surface area contributed by atoms with Crippen LogP contribution in [-0.4, -0.2) is 30.1 Å². The molecule has 0 spiro atoms. The molecule has 0 radical (unpaired) electrons. The Morgan fingerprint density at radius 3 is 2.39 bits per heavy atom. The molecule has 2 rings (SSSR count). The predicted octanol–water partition coefficient (Wildman–Crippen LogP) is 3.74. The van der Waals surface area contributed by atoms with Crippen molar-refractivity contribution in [2.75, 3.05) is 18.5 Å². The first kappa shape index (κ1) is 21.4. The maximum Gasteiger partial charge on any atom is 0.261 e. The summed E-state index contributed by atoms with van der Waals surface area (Å²) in [5.74, 6) is 0.0516. The number of benzene rings is 2. The van der Waals surface area contributed by atoms with Gasteiger partial charge in [-0.1, -0.05) is 25.5 Å². The SMILES string of the molecule is CCCCOc1ccccc1C(=O)NC(=S)Nc1ccc(C(=O)NCC)cc1. The molecule has 148 valence electrons. The zero-order valence-electron chi connectivity index (χ0n) is 16.1. The fourth-order valence-corrected chi connectivity index (χ4v) is 2.62. The number of amides is 2. The van der Waals surface area contributed by atoms with Gasteiger partial charge in [0.25, 0.3) is 11.8 Å². The van der Waals surface area contributed by atoms with Crippen molar-refractivity contribution >= 4 is 34.8 Å². The van der Waals surface area contributed by atoms with Crippen molar-refractivity contribution in [2.24, 2.45) is 0 Å². The van der Waals surface area contributed by atoms with Gasteiger partial charge in [-0.2, -0.15) is 0 Å². The van der Waals surface area contributed by atoms with Crippen LogP contribution < -0.4 is 20.7 Å². The van der Waals surface area contributed by atoms with Crippen molar-refractivity contribution in [3.63, 3.8) is 0 Å². The minimum absolute atomic E-state index is 0.135. The summed E-state index contributed by atoms with van der Waals surface area (Å²) in [6.45, 7) is 5.07. The van der Waals surface area contributed by atoms with Crippen molar-refractivity contribution in [3.05, 3.63) is 59.7 Å². The van der Waals surface area contributed by atoms with E-state index in [0.717, 1.165) is 12.8 Å². The number of nitrogens with one attached hydrogen (secondary N) is 3. The van der Waals surface area contributed by atoms with E-state index in [1.54, 1.807) is 42.5 Å². The molecule has 0 aliphatic rings. The summed E-state index contributed by atoms with van der Waals surface area (Å²) < 4.78 is 5.69. The Balaban J connectivity index is 1.96. The molecule has 0 aliphatic carbocycles. The lowest BCUT2D eigenvalue weighted by Gasteiger charge is -2.13. The second-order valence-electron chi connectivity index (χ2n) is 6.04. The van der Waals surface area contributed by atoms with Gasteiger partial charge in [0.2, 0.25) is 0 Å². The van der Waals surface area contributed by atoms with Gasteiger partial charge in [0.1, 0.15) is 5.75 Å². The second-order valence-corrected chi connectivity index (χ2v) is 6.45. The van der Waals surface area contributed by atoms with Gasteiger partial charge < -0.3 is 15.4 Å². The maximum absolute atomic E-state index is 12.5. The van der Waals surface area contributed by atoms with Gasteiger partial charge in [0.05, 0.1) is 12.2 Å². The lowest BCUT2D eigenvalue weighted by molar-refractivity contribution is 0.0952. The van der Waals surface area contributed by atoms with Gasteiger partial charge in [-0.3, -0.25) is 14.9 Å². The molecule has 0 aromatic heterocycles. The Hall–Kier alpha value is -2.93. The van der Waals surface area contributed by atoms with E-state index in [2.05, 4.69) is 22.9 Å². The molecule has 0 fully saturated rings. The molecule has 2 aromatic rings. The van der Waals surface area contributed by atoms with E-state index in [4.69, 9.17) is 17.0 Å². The first-order chi connectivity index (χ1) is 13.5. The van der Waals surface area contributed by atoms with Crippen LogP contribution in [0.5, 0.6) is 5.75 Å². The minimum atomic E-state index is -0.344. The highest BCUT2D eigenvalue weighted by Gasteiger charge is 2.13. The number of para-hydroxylation sites is 1. The molecule has 7 heteroatoms. The highest BCUT2D eigenvalue weighted by Crippen LogP contribution is 2.18. The molecule has 0 saturated carbocycles. The summed E-state index contributed by atoms with van der Waals surface area (Å²) in [5, 5.41) is 8.50. The van der Waals surface area contributed by atoms with Crippen molar-refractivity contribution in [2.45, 2.75) is 26.7 Å². The summed E-state index contributed by atoms with van der Waals surface area (Å²) in [6.07, 6.45) is 1.93. The first-order valence-corrected chi connectivity index (χ1v) is 9.68. The van der Waals surface area contributed by atoms with Gasteiger partial charge in [-0.15, -0.1) is 0 Å². The molecule has 0 atom stereocenters. The van der Waals surface area contributed by atoms with E-state index >= 15 is 0 Å². The Morgan fingerprint density at radius 2 is 1.71 bits per heavy atom. The summed E-state index contributed by atoms with van der Waals surface area (Å²) >= 11 is 5.22. The number of ether oxygens (including phenoxy) is 1. The lowest BCUT2D eigenvalue weighted by Crippen LogP contribution is -2.34. The fraction of sp³-hybridized carbons (Fsp3) is 0.286. The molecule has 0 bridgehead atoms. The zero-order chi connectivity index (χ0) is 20.4. The largest absolute Gasteiger partial charge is 0.493 e. The summed E-state index contributed by atoms with van der Waals surface area (Å²) in [7, 11) is 0. The number of unbranched alkanes of at least 4 members (excludes halogenated alkanes) is 1. The molecule has 0 saturated heterocycles. The zero-order valence-corrected chi connectivity index (χ0v) is 16.9. The van der Waals surface area contributed by atoms with E-state index in [1.165, 1.54) is 0 Å². The van der Waals surface area contributed by atoms with Gasteiger partial charge in [0, 0.05) is 17.8 Å². The Kier molecular flexibility index (Phi) is 8.42. The van der Waals surface area contributed by atoms with E-state index in [-0.39, 0.29) is 16.9 Å². The van der Waals surface area contributed by atoms with Crippen molar-refractivity contribution in [1.82, 2.24) is 10.6 Å². The number of hydrogen-bond donors (Lipinski definition) is 3. The smallest absolute Gasteiger partial charge is 0.261 e. The average molecular weight is 400 g/mol. The molecule has 3 N–H and O–H groups in total. The van der Waals surface area contributed by atoms with E-state index < -0.39 is 0 Å². The van der Waals surface area contributed by atoms with Gasteiger partial charge in [-0.25, -0.2) is 0 Å². The number of rotatable bonds is 8. The van der Waals surface area contributed by atoms with Crippen molar-refractivity contribution in [1.29, 1.82) is 0 Å². The molecular formula is C21H25N3O3S. The Labute approximate surface area is 170 Å². The molecule has 0 aliphatic heterocycles. The minimum Gasteiger partial charge on any atom is -0.493 e. The van der Waals surface area contributed by atoms with Crippen LogP contribution in [-0.2, 0) is 0 Å². The van der Waals surface area contributed by atoms with Crippen LogP contribution in [0.25, 0.3) is 0 Å². The normalized spacial score (nSPS) is 10.1. The van der Waals surface area contributed by atoms with E-state index in [9.17, 15) is 9.59 Å². The van der Waals surface area contributed by atoms with Crippen LogP contribution in [0.1, 0.15) is 47.4 Å². The standard InChI is InChI=1S/C21H25N3O3S/c1-3-5-14-27-18-9-7-6-8-17(18)20(26)24-21(28)23-16-12-10-15(11-13-16)19(25)22-4-2/h6-13H,3-5,14H2,1-2H3,(H,22,25)(H2,23,24,26,28). The topological polar surface area (TPSA) is 79.5 Å². The molecule has 2 aromatic carbocycles. The number of thiocarbonyl (C=S) groups is 1. The monoisotopic (exact) mass is 399 g/mol. The van der Waals surface area contributed by atoms with Crippen LogP contribution in [0, 0.1) is 0 Å². The third-order valence-corrected chi connectivity index (χ3v) is 4.06. The van der Waals surface area contributed by atoms with Crippen molar-refractivity contribution in [3.8, 4) is 5.75 Å². The maximum atomic E-state index is 12.5. The summed E-state index contributed by atoms with van der Waals surface area (Å²) in [6, 6.07) is 13.9. The molecular weight excluding hydrogens is 374 g/mol. The molecule has 28 heavy (non-hydrogen) atoms. The number of hydrogen-bond acceptors (Lipinski definition) is 4. The van der Waals surface area contributed by atoms with Crippen LogP contribution in [0.2, 0.25) is 0 Å². The quantitative estimate of drug-likeness (QED) is 0.465. The first-order valence-electron chi connectivity index (χ1n) is 9.27. The highest BCUT2D eigenvalue weighted by molar-refractivity contribution is 7.80. The van der Waals surface area contributed by atoms with E-state index in [1.807, 2.05) is 13.0 Å². The molecule has 6 nitrogen and oxygen atoms in total. The molecule has 2 amide bonds. The Bertz CT molecular complexity index is 822. The van der Waals surface area contributed by atoms with Crippen LogP contribution >= 0.6 is 12.2 Å².